The summed E-state index contributed by atoms with van der Waals surface area (Å²) in [5.74, 6) is 0.669. The molecule has 0 aromatic carbocycles. The van der Waals surface area contributed by atoms with Gasteiger partial charge in [-0.25, -0.2) is 0 Å². The Balaban J connectivity index is 2.41. The molecular weight excluding hydrogens is 307 g/mol. The molecule has 0 spiro atoms. The predicted octanol–water partition coefficient (Wildman–Crippen LogP) is 1.57. The Bertz CT molecular complexity index is 376. The number of aliphatic imine (C=N–C) groups is 1. The SMILES string of the molecule is CCNC(=NCCNC(C)(C)C)NC1CCN(CC(F)(F)F)C1. The van der Waals surface area contributed by atoms with Crippen molar-refractivity contribution >= 4 is 5.96 Å². The molecule has 23 heavy (non-hydrogen) atoms. The van der Waals surface area contributed by atoms with E-state index in [-0.39, 0.29) is 11.6 Å². The van der Waals surface area contributed by atoms with Gasteiger partial charge in [0.25, 0.3) is 0 Å². The second-order valence-corrected chi connectivity index (χ2v) is 6.92. The molecule has 0 amide bonds. The van der Waals surface area contributed by atoms with Crippen molar-refractivity contribution in [3.05, 3.63) is 0 Å². The van der Waals surface area contributed by atoms with Crippen molar-refractivity contribution in [3.8, 4) is 0 Å². The van der Waals surface area contributed by atoms with Gasteiger partial charge in [0.15, 0.2) is 5.96 Å². The molecule has 1 rings (SSSR count). The van der Waals surface area contributed by atoms with Crippen LogP contribution in [0.3, 0.4) is 0 Å². The van der Waals surface area contributed by atoms with Gasteiger partial charge in [0.1, 0.15) is 0 Å². The van der Waals surface area contributed by atoms with Crippen LogP contribution in [0.15, 0.2) is 4.99 Å². The standard InChI is InChI=1S/C15H30F3N5/c1-5-19-13(20-7-8-21-14(2,3)4)22-12-6-9-23(10-12)11-15(16,17)18/h12,21H,5-11H2,1-4H3,(H2,19,20,22). The van der Waals surface area contributed by atoms with Gasteiger partial charge < -0.3 is 16.0 Å². The summed E-state index contributed by atoms with van der Waals surface area (Å²) in [4.78, 5) is 5.90. The van der Waals surface area contributed by atoms with E-state index in [2.05, 4.69) is 41.7 Å². The van der Waals surface area contributed by atoms with Crippen molar-refractivity contribution in [1.82, 2.24) is 20.9 Å². The third-order valence-electron chi connectivity index (χ3n) is 3.40. The number of guanidine groups is 1. The van der Waals surface area contributed by atoms with Crippen molar-refractivity contribution in [2.75, 3.05) is 39.3 Å². The van der Waals surface area contributed by atoms with E-state index in [1.165, 1.54) is 4.90 Å². The van der Waals surface area contributed by atoms with E-state index in [4.69, 9.17) is 0 Å². The molecule has 0 bridgehead atoms. The molecule has 1 heterocycles. The van der Waals surface area contributed by atoms with Crippen LogP contribution in [0.25, 0.3) is 0 Å². The fraction of sp³-hybridized carbons (Fsp3) is 0.933. The van der Waals surface area contributed by atoms with Gasteiger partial charge in [-0.2, -0.15) is 13.2 Å². The number of likely N-dealkylation sites (tertiary alicyclic amines) is 1. The maximum absolute atomic E-state index is 12.4. The van der Waals surface area contributed by atoms with E-state index in [9.17, 15) is 13.2 Å². The lowest BCUT2D eigenvalue weighted by atomic mass is 10.1. The van der Waals surface area contributed by atoms with Crippen molar-refractivity contribution in [2.24, 2.45) is 4.99 Å². The fourth-order valence-electron chi connectivity index (χ4n) is 2.46. The van der Waals surface area contributed by atoms with Gasteiger partial charge in [0.2, 0.25) is 0 Å². The molecular formula is C15H30F3N5. The Morgan fingerprint density at radius 3 is 2.52 bits per heavy atom. The minimum Gasteiger partial charge on any atom is -0.357 e. The fourth-order valence-corrected chi connectivity index (χ4v) is 2.46. The Morgan fingerprint density at radius 1 is 1.26 bits per heavy atom. The quantitative estimate of drug-likeness (QED) is 0.391. The first-order chi connectivity index (χ1) is 10.6. The van der Waals surface area contributed by atoms with Gasteiger partial charge >= 0.3 is 6.18 Å². The number of halogens is 3. The first-order valence-corrected chi connectivity index (χ1v) is 8.18. The lowest BCUT2D eigenvalue weighted by molar-refractivity contribution is -0.143. The normalized spacial score (nSPS) is 20.8. The van der Waals surface area contributed by atoms with E-state index in [0.717, 1.165) is 13.1 Å². The molecule has 1 aliphatic rings. The van der Waals surface area contributed by atoms with Crippen LogP contribution in [0, 0.1) is 0 Å². The molecule has 0 aromatic heterocycles. The van der Waals surface area contributed by atoms with E-state index in [1.807, 2.05) is 6.92 Å². The van der Waals surface area contributed by atoms with E-state index < -0.39 is 12.7 Å². The second kappa shape index (κ2) is 8.73. The average Bonchev–Trinajstić information content (AvgIpc) is 2.78. The van der Waals surface area contributed by atoms with Crippen LogP contribution < -0.4 is 16.0 Å². The largest absolute Gasteiger partial charge is 0.401 e. The van der Waals surface area contributed by atoms with Gasteiger partial charge in [0.05, 0.1) is 13.1 Å². The number of hydrogen-bond donors (Lipinski definition) is 3. The van der Waals surface area contributed by atoms with Gasteiger partial charge in [-0.05, 0) is 34.1 Å². The first kappa shape index (κ1) is 20.0. The zero-order valence-corrected chi connectivity index (χ0v) is 14.6. The van der Waals surface area contributed by atoms with Crippen LogP contribution in [0.4, 0.5) is 13.2 Å². The number of nitrogens with one attached hydrogen (secondary N) is 3. The highest BCUT2D eigenvalue weighted by Crippen LogP contribution is 2.19. The minimum atomic E-state index is -4.13. The van der Waals surface area contributed by atoms with Gasteiger partial charge in [-0.15, -0.1) is 0 Å². The van der Waals surface area contributed by atoms with Crippen molar-refractivity contribution < 1.29 is 13.2 Å². The molecule has 0 aliphatic carbocycles. The molecule has 0 aromatic rings. The maximum Gasteiger partial charge on any atom is 0.401 e. The highest BCUT2D eigenvalue weighted by molar-refractivity contribution is 5.80. The number of rotatable bonds is 6. The van der Waals surface area contributed by atoms with Gasteiger partial charge in [-0.3, -0.25) is 9.89 Å². The highest BCUT2D eigenvalue weighted by atomic mass is 19.4. The molecule has 1 unspecified atom stereocenters. The molecule has 1 aliphatic heterocycles. The average molecular weight is 337 g/mol. The summed E-state index contributed by atoms with van der Waals surface area (Å²) < 4.78 is 37.2. The third kappa shape index (κ3) is 9.65. The second-order valence-electron chi connectivity index (χ2n) is 6.92. The van der Waals surface area contributed by atoms with E-state index in [1.54, 1.807) is 0 Å². The van der Waals surface area contributed by atoms with Gasteiger partial charge in [-0.1, -0.05) is 0 Å². The summed E-state index contributed by atoms with van der Waals surface area (Å²) in [6, 6.07) is 0.00530. The zero-order chi connectivity index (χ0) is 17.5. The number of alkyl halides is 3. The first-order valence-electron chi connectivity index (χ1n) is 8.18. The molecule has 1 atom stereocenters. The number of nitrogens with zero attached hydrogens (tertiary/aromatic N) is 2. The summed E-state index contributed by atoms with van der Waals surface area (Å²) in [5, 5.41) is 9.72. The van der Waals surface area contributed by atoms with Crippen molar-refractivity contribution in [1.29, 1.82) is 0 Å². The Labute approximate surface area is 137 Å². The Kier molecular flexibility index (Phi) is 7.60. The summed E-state index contributed by atoms with van der Waals surface area (Å²) in [6.45, 7) is 10.3. The Hall–Kier alpha value is -1.02. The predicted molar refractivity (Wildman–Crippen MR) is 87.8 cm³/mol. The summed E-state index contributed by atoms with van der Waals surface area (Å²) in [7, 11) is 0. The lowest BCUT2D eigenvalue weighted by Crippen LogP contribution is -2.45. The van der Waals surface area contributed by atoms with E-state index in [0.29, 0.717) is 32.0 Å². The third-order valence-corrected chi connectivity index (χ3v) is 3.40. The summed E-state index contributed by atoms with van der Waals surface area (Å²) >= 11 is 0. The Morgan fingerprint density at radius 2 is 1.96 bits per heavy atom. The molecule has 1 fully saturated rings. The van der Waals surface area contributed by atoms with Crippen LogP contribution in [0.1, 0.15) is 34.1 Å². The van der Waals surface area contributed by atoms with Crippen LogP contribution in [-0.4, -0.2) is 67.9 Å². The minimum absolute atomic E-state index is 0.00530. The van der Waals surface area contributed by atoms with Crippen LogP contribution in [0.5, 0.6) is 0 Å². The molecule has 3 N–H and O–H groups in total. The molecule has 136 valence electrons. The summed E-state index contributed by atoms with van der Waals surface area (Å²) in [6.07, 6.45) is -3.44. The molecule has 8 heteroatoms. The lowest BCUT2D eigenvalue weighted by Gasteiger charge is -2.21. The van der Waals surface area contributed by atoms with Crippen LogP contribution in [-0.2, 0) is 0 Å². The molecule has 0 saturated carbocycles. The molecule has 1 saturated heterocycles. The topological polar surface area (TPSA) is 51.7 Å². The highest BCUT2D eigenvalue weighted by Gasteiger charge is 2.34. The van der Waals surface area contributed by atoms with Crippen LogP contribution in [0.2, 0.25) is 0 Å². The van der Waals surface area contributed by atoms with Crippen molar-refractivity contribution in [3.63, 3.8) is 0 Å². The molecule has 5 nitrogen and oxygen atoms in total. The summed E-state index contributed by atoms with van der Waals surface area (Å²) in [5.41, 5.74) is 0.0465. The number of hydrogen-bond acceptors (Lipinski definition) is 3. The molecule has 0 radical (unpaired) electrons. The van der Waals surface area contributed by atoms with Crippen LogP contribution >= 0.6 is 0 Å². The van der Waals surface area contributed by atoms with Gasteiger partial charge in [0, 0.05) is 37.8 Å². The zero-order valence-electron chi connectivity index (χ0n) is 14.6. The smallest absolute Gasteiger partial charge is 0.357 e. The monoisotopic (exact) mass is 337 g/mol. The maximum atomic E-state index is 12.4. The van der Waals surface area contributed by atoms with Crippen molar-refractivity contribution in [2.45, 2.75) is 51.9 Å². The van der Waals surface area contributed by atoms with E-state index >= 15 is 0 Å².